The molecule has 0 spiro atoms. The summed E-state index contributed by atoms with van der Waals surface area (Å²) in [6.45, 7) is 6.60. The van der Waals surface area contributed by atoms with E-state index in [0.717, 1.165) is 9.80 Å². The molecule has 8 heteroatoms. The van der Waals surface area contributed by atoms with Crippen LogP contribution in [0.3, 0.4) is 0 Å². The van der Waals surface area contributed by atoms with Crippen LogP contribution in [-0.4, -0.2) is 46.5 Å². The molecule has 2 heterocycles. The first kappa shape index (κ1) is 21.5. The highest BCUT2D eigenvalue weighted by Gasteiger charge is 2.35. The van der Waals surface area contributed by atoms with Gasteiger partial charge in [-0.1, -0.05) is 12.2 Å². The van der Waals surface area contributed by atoms with Crippen LogP contribution < -0.4 is 0 Å². The maximum Gasteiger partial charge on any atom is 0.271 e. The summed E-state index contributed by atoms with van der Waals surface area (Å²) < 4.78 is 0. The zero-order chi connectivity index (χ0) is 21.9. The highest BCUT2D eigenvalue weighted by Crippen LogP contribution is 2.27. The van der Waals surface area contributed by atoms with E-state index in [4.69, 9.17) is 0 Å². The molecule has 0 N–H and O–H groups in total. The van der Waals surface area contributed by atoms with Crippen molar-refractivity contribution in [2.45, 2.75) is 34.1 Å². The molecule has 0 saturated carbocycles. The summed E-state index contributed by atoms with van der Waals surface area (Å²) in [4.78, 5) is 51.6. The normalized spacial score (nSPS) is 20.8. The molecule has 148 valence electrons. The topological polar surface area (TPSA) is 122 Å². The average Bonchev–Trinajstić information content (AvgIpc) is 2.68. The first-order valence-electron chi connectivity index (χ1n) is 9.10. The summed E-state index contributed by atoms with van der Waals surface area (Å²) in [6, 6.07) is 3.68. The Bertz CT molecular complexity index is 946. The van der Waals surface area contributed by atoms with Gasteiger partial charge in [-0.3, -0.25) is 29.0 Å². The molecule has 8 nitrogen and oxygen atoms in total. The Morgan fingerprint density at radius 1 is 0.724 bits per heavy atom. The van der Waals surface area contributed by atoms with E-state index in [2.05, 4.69) is 0 Å². The van der Waals surface area contributed by atoms with Gasteiger partial charge in [-0.2, -0.15) is 10.5 Å². The Balaban J connectivity index is 2.49. The van der Waals surface area contributed by atoms with Gasteiger partial charge in [0.2, 0.25) is 0 Å². The number of rotatable bonds is 4. The van der Waals surface area contributed by atoms with Gasteiger partial charge in [-0.15, -0.1) is 0 Å². The molecule has 0 aromatic heterocycles. The van der Waals surface area contributed by atoms with Crippen LogP contribution in [-0.2, 0) is 19.2 Å². The number of imide groups is 2. The Labute approximate surface area is 168 Å². The molecule has 0 aromatic carbocycles. The smallest absolute Gasteiger partial charge is 0.271 e. The van der Waals surface area contributed by atoms with E-state index in [1.807, 2.05) is 12.1 Å². The summed E-state index contributed by atoms with van der Waals surface area (Å²) in [5.74, 6) is -2.24. The molecule has 2 aliphatic rings. The van der Waals surface area contributed by atoms with Crippen LogP contribution >= 0.6 is 0 Å². The van der Waals surface area contributed by atoms with E-state index >= 15 is 0 Å². The van der Waals surface area contributed by atoms with Crippen molar-refractivity contribution in [1.29, 1.82) is 10.5 Å². The molecule has 0 fully saturated rings. The van der Waals surface area contributed by atoms with Crippen LogP contribution in [0.2, 0.25) is 0 Å². The molecule has 29 heavy (non-hydrogen) atoms. The molecule has 0 atom stereocenters. The van der Waals surface area contributed by atoms with Gasteiger partial charge in [-0.25, -0.2) is 0 Å². The van der Waals surface area contributed by atoms with E-state index in [9.17, 15) is 29.7 Å². The standard InChI is InChI=1S/C21H20N4O4/c1-5-24-18(26)14(12(3)16(10-22)20(24)28)8-7-9-15-13(4)17(11-23)21(29)25(6-2)19(15)27/h8-9H,5-7H2,1-4H3/b14-8-,15-9-. The Kier molecular flexibility index (Phi) is 6.30. The minimum Gasteiger partial charge on any atom is -0.274 e. The van der Waals surface area contributed by atoms with Crippen LogP contribution in [0.4, 0.5) is 0 Å². The summed E-state index contributed by atoms with van der Waals surface area (Å²) in [6.07, 6.45) is 3.22. The second-order valence-corrected chi connectivity index (χ2v) is 6.40. The van der Waals surface area contributed by atoms with Gasteiger partial charge in [0.1, 0.15) is 23.3 Å². The Hall–Kier alpha value is -3.78. The second-order valence-electron chi connectivity index (χ2n) is 6.40. The van der Waals surface area contributed by atoms with E-state index in [-0.39, 0.29) is 52.9 Å². The third kappa shape index (κ3) is 3.53. The van der Waals surface area contributed by atoms with Gasteiger partial charge in [0.25, 0.3) is 23.6 Å². The maximum atomic E-state index is 12.6. The van der Waals surface area contributed by atoms with Crippen molar-refractivity contribution in [2.75, 3.05) is 13.1 Å². The van der Waals surface area contributed by atoms with Crippen LogP contribution in [0.1, 0.15) is 34.1 Å². The summed E-state index contributed by atoms with van der Waals surface area (Å²) in [5.41, 5.74) is 0.823. The fourth-order valence-electron chi connectivity index (χ4n) is 3.27. The van der Waals surface area contributed by atoms with Crippen molar-refractivity contribution in [3.05, 3.63) is 45.6 Å². The van der Waals surface area contributed by atoms with Crippen molar-refractivity contribution in [1.82, 2.24) is 9.80 Å². The molecule has 0 saturated heterocycles. The number of nitriles is 2. The lowest BCUT2D eigenvalue weighted by Gasteiger charge is -2.27. The number of nitrogens with zero attached hydrogens (tertiary/aromatic N) is 4. The SMILES string of the molecule is CCN1C(=O)C(C#N)=C(C)/C(=C/C/C=C2\C(=O)N(CC)C(=O)C(C#N)=C2C)C1=O. The molecular weight excluding hydrogens is 372 g/mol. The first-order chi connectivity index (χ1) is 13.7. The molecule has 2 aliphatic heterocycles. The predicted molar refractivity (Wildman–Crippen MR) is 102 cm³/mol. The lowest BCUT2D eigenvalue weighted by molar-refractivity contribution is -0.141. The maximum absolute atomic E-state index is 12.6. The highest BCUT2D eigenvalue weighted by atomic mass is 16.2. The number of hydrogen-bond acceptors (Lipinski definition) is 6. The van der Waals surface area contributed by atoms with Crippen molar-refractivity contribution in [3.63, 3.8) is 0 Å². The zero-order valence-electron chi connectivity index (χ0n) is 16.7. The molecule has 4 amide bonds. The summed E-state index contributed by atoms with van der Waals surface area (Å²) in [7, 11) is 0. The van der Waals surface area contributed by atoms with E-state index < -0.39 is 23.6 Å². The van der Waals surface area contributed by atoms with Gasteiger partial charge in [0.05, 0.1) is 0 Å². The number of carbonyl (C=O) groups is 4. The lowest BCUT2D eigenvalue weighted by atomic mass is 9.92. The largest absolute Gasteiger partial charge is 0.274 e. The molecule has 0 unspecified atom stereocenters. The zero-order valence-corrected chi connectivity index (χ0v) is 16.7. The third-order valence-electron chi connectivity index (χ3n) is 4.93. The molecular formula is C21H20N4O4. The van der Waals surface area contributed by atoms with Crippen molar-refractivity contribution in [2.24, 2.45) is 0 Å². The molecule has 2 rings (SSSR count). The lowest BCUT2D eigenvalue weighted by Crippen LogP contribution is -2.42. The Morgan fingerprint density at radius 3 is 1.34 bits per heavy atom. The number of hydrogen-bond donors (Lipinski definition) is 0. The fourth-order valence-corrected chi connectivity index (χ4v) is 3.27. The number of allylic oxidation sites excluding steroid dienone is 2. The van der Waals surface area contributed by atoms with Crippen LogP contribution in [0, 0.1) is 22.7 Å². The minimum atomic E-state index is -0.620. The quantitative estimate of drug-likeness (QED) is 0.530. The average molecular weight is 392 g/mol. The van der Waals surface area contributed by atoms with Crippen LogP contribution in [0.15, 0.2) is 45.6 Å². The molecule has 0 bridgehead atoms. The van der Waals surface area contributed by atoms with Crippen LogP contribution in [0.5, 0.6) is 0 Å². The molecule has 0 radical (unpaired) electrons. The molecule has 0 aromatic rings. The number of likely N-dealkylation sites (N-methyl/N-ethyl adjacent to an activating group) is 2. The van der Waals surface area contributed by atoms with Gasteiger partial charge in [0.15, 0.2) is 0 Å². The van der Waals surface area contributed by atoms with Crippen molar-refractivity contribution >= 4 is 23.6 Å². The van der Waals surface area contributed by atoms with Crippen LogP contribution in [0.25, 0.3) is 0 Å². The Morgan fingerprint density at radius 2 is 1.07 bits per heavy atom. The van der Waals surface area contributed by atoms with E-state index in [0.29, 0.717) is 0 Å². The molecule has 0 aliphatic carbocycles. The van der Waals surface area contributed by atoms with E-state index in [1.54, 1.807) is 13.8 Å². The van der Waals surface area contributed by atoms with Gasteiger partial charge in [-0.05, 0) is 45.3 Å². The van der Waals surface area contributed by atoms with E-state index in [1.165, 1.54) is 26.0 Å². The number of amides is 4. The minimum absolute atomic E-state index is 0.0929. The monoisotopic (exact) mass is 392 g/mol. The second kappa shape index (κ2) is 8.49. The summed E-state index contributed by atoms with van der Waals surface area (Å²) in [5, 5.41) is 18.5. The van der Waals surface area contributed by atoms with Gasteiger partial charge in [0, 0.05) is 24.2 Å². The van der Waals surface area contributed by atoms with Crippen molar-refractivity contribution in [3.8, 4) is 12.1 Å². The summed E-state index contributed by atoms with van der Waals surface area (Å²) >= 11 is 0. The fraction of sp³-hybridized carbons (Fsp3) is 0.333. The highest BCUT2D eigenvalue weighted by molar-refractivity contribution is 6.19. The van der Waals surface area contributed by atoms with Gasteiger partial charge >= 0.3 is 0 Å². The third-order valence-corrected chi connectivity index (χ3v) is 4.93. The first-order valence-corrected chi connectivity index (χ1v) is 9.10. The number of carbonyl (C=O) groups excluding carboxylic acids is 4. The van der Waals surface area contributed by atoms with Gasteiger partial charge < -0.3 is 0 Å². The van der Waals surface area contributed by atoms with Crippen molar-refractivity contribution < 1.29 is 19.2 Å². The predicted octanol–water partition coefficient (Wildman–Crippen LogP) is 1.69.